The third-order valence-electron chi connectivity index (χ3n) is 6.01. The molecule has 7 heteroatoms. The van der Waals surface area contributed by atoms with Crippen molar-refractivity contribution in [2.75, 3.05) is 7.05 Å². The van der Waals surface area contributed by atoms with Gasteiger partial charge in [-0.05, 0) is 25.1 Å². The Morgan fingerprint density at radius 3 is 2.80 bits per heavy atom. The third kappa shape index (κ3) is 2.84. The van der Waals surface area contributed by atoms with Gasteiger partial charge in [0.15, 0.2) is 0 Å². The van der Waals surface area contributed by atoms with Gasteiger partial charge in [0.05, 0.1) is 41.1 Å². The second kappa shape index (κ2) is 6.85. The highest BCUT2D eigenvalue weighted by Gasteiger charge is 2.29. The molecule has 2 bridgehead atoms. The largest absolute Gasteiger partial charge is 0.296 e. The van der Waals surface area contributed by atoms with Crippen molar-refractivity contribution in [1.82, 2.24) is 24.6 Å². The number of benzene rings is 1. The lowest BCUT2D eigenvalue weighted by molar-refractivity contribution is 0.313. The monoisotopic (exact) mass is 397 g/mol. The van der Waals surface area contributed by atoms with Crippen LogP contribution in [-0.2, 0) is 26.7 Å². The quantitative estimate of drug-likeness (QED) is 0.582. The molecule has 0 saturated carbocycles. The van der Waals surface area contributed by atoms with Gasteiger partial charge in [0.1, 0.15) is 17.5 Å². The van der Waals surface area contributed by atoms with Crippen molar-refractivity contribution in [2.45, 2.75) is 39.4 Å². The Hall–Kier alpha value is -3.37. The first-order valence-electron chi connectivity index (χ1n) is 10.1. The summed E-state index contributed by atoms with van der Waals surface area (Å²) in [4.78, 5) is 16.7. The van der Waals surface area contributed by atoms with E-state index < -0.39 is 0 Å². The summed E-state index contributed by atoms with van der Waals surface area (Å²) >= 11 is 0. The number of fused-ring (bicyclic) bond motifs is 4. The highest BCUT2D eigenvalue weighted by molar-refractivity contribution is 6.06. The van der Waals surface area contributed by atoms with Crippen molar-refractivity contribution in [1.29, 1.82) is 5.26 Å². The van der Waals surface area contributed by atoms with Crippen molar-refractivity contribution in [3.8, 4) is 17.3 Å². The van der Waals surface area contributed by atoms with E-state index in [2.05, 4.69) is 60.1 Å². The predicted octanol–water partition coefficient (Wildman–Crippen LogP) is 3.11. The number of hydrogen-bond acceptors (Lipinski definition) is 6. The van der Waals surface area contributed by atoms with E-state index in [0.29, 0.717) is 24.5 Å². The summed E-state index contributed by atoms with van der Waals surface area (Å²) in [6, 6.07) is 8.93. The molecule has 4 heterocycles. The van der Waals surface area contributed by atoms with Gasteiger partial charge >= 0.3 is 0 Å². The van der Waals surface area contributed by atoms with Gasteiger partial charge in [-0.2, -0.15) is 10.4 Å². The molecule has 0 radical (unpaired) electrons. The van der Waals surface area contributed by atoms with Gasteiger partial charge in [-0.3, -0.25) is 19.6 Å². The Bertz CT molecular complexity index is 1250. The number of aliphatic imine (C=N–C) groups is 1. The molecule has 0 N–H and O–H groups in total. The fraction of sp³-hybridized carbons (Fsp3) is 0.348. The molecule has 5 rings (SSSR count). The molecule has 0 saturated heterocycles. The van der Waals surface area contributed by atoms with Crippen molar-refractivity contribution in [3.05, 3.63) is 63.9 Å². The SMILES string of the molecule is Cc1ccc2c(c1)[C@@H](C)C1=NCc3ncc(nc31)-c1c(nn(C)c1C#N)CN(C)C2. The lowest BCUT2D eigenvalue weighted by Gasteiger charge is -2.23. The number of hydrogen-bond donors (Lipinski definition) is 0. The fourth-order valence-electron chi connectivity index (χ4n) is 4.53. The van der Waals surface area contributed by atoms with E-state index in [1.807, 2.05) is 0 Å². The van der Waals surface area contributed by atoms with E-state index in [4.69, 9.17) is 9.98 Å². The van der Waals surface area contributed by atoms with Crippen LogP contribution in [0.15, 0.2) is 29.4 Å². The Morgan fingerprint density at radius 1 is 1.17 bits per heavy atom. The molecule has 1 atom stereocenters. The highest BCUT2D eigenvalue weighted by Crippen LogP contribution is 2.33. The summed E-state index contributed by atoms with van der Waals surface area (Å²) in [7, 11) is 3.88. The van der Waals surface area contributed by atoms with Gasteiger partial charge in [0.25, 0.3) is 0 Å². The van der Waals surface area contributed by atoms with Crippen LogP contribution >= 0.6 is 0 Å². The summed E-state index contributed by atoms with van der Waals surface area (Å²) < 4.78 is 1.64. The molecule has 2 aliphatic heterocycles. The van der Waals surface area contributed by atoms with Gasteiger partial charge in [-0.1, -0.05) is 30.7 Å². The number of nitrogens with zero attached hydrogens (tertiary/aromatic N) is 7. The maximum Gasteiger partial charge on any atom is 0.148 e. The Labute approximate surface area is 175 Å². The van der Waals surface area contributed by atoms with E-state index in [1.165, 1.54) is 16.7 Å². The zero-order valence-corrected chi connectivity index (χ0v) is 17.6. The van der Waals surface area contributed by atoms with E-state index in [0.717, 1.165) is 34.9 Å². The smallest absolute Gasteiger partial charge is 0.148 e. The molecule has 1 aromatic carbocycles. The predicted molar refractivity (Wildman–Crippen MR) is 114 cm³/mol. The first kappa shape index (κ1) is 18.6. The zero-order chi connectivity index (χ0) is 21.0. The van der Waals surface area contributed by atoms with Crippen LogP contribution in [0.4, 0.5) is 0 Å². The van der Waals surface area contributed by atoms with Gasteiger partial charge in [-0.25, -0.2) is 4.98 Å². The van der Waals surface area contributed by atoms with Crippen molar-refractivity contribution in [2.24, 2.45) is 12.0 Å². The fourth-order valence-corrected chi connectivity index (χ4v) is 4.53. The molecular weight excluding hydrogens is 374 g/mol. The minimum absolute atomic E-state index is 0.113. The molecule has 3 aromatic rings. The number of rotatable bonds is 0. The third-order valence-corrected chi connectivity index (χ3v) is 6.01. The number of aromatic nitrogens is 4. The van der Waals surface area contributed by atoms with Crippen LogP contribution in [0.25, 0.3) is 11.3 Å². The number of nitriles is 1. The van der Waals surface area contributed by atoms with Crippen molar-refractivity contribution in [3.63, 3.8) is 0 Å². The second-order valence-corrected chi connectivity index (χ2v) is 8.25. The summed E-state index contributed by atoms with van der Waals surface area (Å²) in [6.07, 6.45) is 1.76. The van der Waals surface area contributed by atoms with Crippen LogP contribution < -0.4 is 0 Å². The van der Waals surface area contributed by atoms with Crippen molar-refractivity contribution < 1.29 is 0 Å². The van der Waals surface area contributed by atoms with E-state index in [1.54, 1.807) is 17.9 Å². The molecule has 150 valence electrons. The van der Waals surface area contributed by atoms with Crippen LogP contribution in [0.2, 0.25) is 0 Å². The normalized spacial score (nSPS) is 18.0. The maximum absolute atomic E-state index is 9.77. The van der Waals surface area contributed by atoms with E-state index >= 15 is 0 Å². The minimum atomic E-state index is 0.113. The second-order valence-electron chi connectivity index (χ2n) is 8.25. The van der Waals surface area contributed by atoms with Gasteiger partial charge in [0, 0.05) is 26.1 Å². The lowest BCUT2D eigenvalue weighted by Crippen LogP contribution is -2.22. The molecular formula is C23H23N7. The van der Waals surface area contributed by atoms with Crippen LogP contribution in [0, 0.1) is 18.3 Å². The lowest BCUT2D eigenvalue weighted by atomic mass is 9.88. The summed E-state index contributed by atoms with van der Waals surface area (Å²) in [5.41, 5.74) is 9.30. The average Bonchev–Trinajstić information content (AvgIpc) is 3.27. The molecule has 7 nitrogen and oxygen atoms in total. The Morgan fingerprint density at radius 2 is 2.00 bits per heavy atom. The molecule has 0 spiro atoms. The zero-order valence-electron chi connectivity index (χ0n) is 17.6. The van der Waals surface area contributed by atoms with Gasteiger partial charge < -0.3 is 0 Å². The first-order chi connectivity index (χ1) is 14.5. The van der Waals surface area contributed by atoms with Gasteiger partial charge in [-0.15, -0.1) is 0 Å². The summed E-state index contributed by atoms with van der Waals surface area (Å²) in [6.45, 7) is 6.28. The van der Waals surface area contributed by atoms with Crippen molar-refractivity contribution >= 4 is 5.71 Å². The molecule has 0 fully saturated rings. The topological polar surface area (TPSA) is 83.0 Å². The van der Waals surface area contributed by atoms with Crippen LogP contribution in [0.5, 0.6) is 0 Å². The van der Waals surface area contributed by atoms with Crippen LogP contribution in [0.1, 0.15) is 52.3 Å². The maximum atomic E-state index is 9.77. The Balaban J connectivity index is 1.77. The molecule has 30 heavy (non-hydrogen) atoms. The first-order valence-corrected chi connectivity index (χ1v) is 10.1. The molecule has 2 aromatic heterocycles. The van der Waals surface area contributed by atoms with Gasteiger partial charge in [0.2, 0.25) is 0 Å². The molecule has 2 aliphatic rings. The Kier molecular flexibility index (Phi) is 4.26. The average molecular weight is 397 g/mol. The minimum Gasteiger partial charge on any atom is -0.296 e. The van der Waals surface area contributed by atoms with E-state index in [-0.39, 0.29) is 5.92 Å². The van der Waals surface area contributed by atoms with E-state index in [9.17, 15) is 5.26 Å². The highest BCUT2D eigenvalue weighted by atomic mass is 15.3. The molecule has 0 amide bonds. The van der Waals surface area contributed by atoms with Crippen LogP contribution in [0.3, 0.4) is 0 Å². The molecule has 0 aliphatic carbocycles. The summed E-state index contributed by atoms with van der Waals surface area (Å²) in [5, 5.41) is 14.4. The molecule has 0 unspecified atom stereocenters. The standard InChI is InChI=1S/C23H23N7/c1-13-5-6-15-11-29(3)12-19-21(20(8-24)30(4)28-19)17-9-25-18-10-26-22(23(18)27-17)14(2)16(15)7-13/h5-7,9,14H,10-12H2,1-4H3/t14-/m1/s1. The summed E-state index contributed by atoms with van der Waals surface area (Å²) in [5.74, 6) is 0.113. The number of aryl methyl sites for hydroxylation is 2. The van der Waals surface area contributed by atoms with Crippen LogP contribution in [-0.4, -0.2) is 37.4 Å².